The maximum Gasteiger partial charge on any atom is 0.226 e. The number of carbonyl (C=O) groups is 1. The van der Waals surface area contributed by atoms with Crippen molar-refractivity contribution in [2.24, 2.45) is 0 Å². The van der Waals surface area contributed by atoms with Crippen LogP contribution in [0.3, 0.4) is 0 Å². The van der Waals surface area contributed by atoms with Crippen molar-refractivity contribution in [3.05, 3.63) is 47.2 Å². The van der Waals surface area contributed by atoms with Crippen LogP contribution in [0, 0.1) is 11.6 Å². The monoisotopic (exact) mass is 249 g/mol. The van der Waals surface area contributed by atoms with Gasteiger partial charge in [0, 0.05) is 24.0 Å². The molecule has 1 aromatic carbocycles. The van der Waals surface area contributed by atoms with Crippen LogP contribution in [0.2, 0.25) is 0 Å². The van der Waals surface area contributed by atoms with Crippen LogP contribution in [0.25, 0.3) is 0 Å². The fraction of sp³-hybridized carbons (Fsp3) is 0.167. The van der Waals surface area contributed by atoms with Gasteiger partial charge in [-0.15, -0.1) is 0 Å². The van der Waals surface area contributed by atoms with E-state index in [4.69, 9.17) is 0 Å². The number of rotatable bonds is 1. The van der Waals surface area contributed by atoms with E-state index < -0.39 is 17.6 Å². The minimum Gasteiger partial charge on any atom is -0.311 e. The number of carbonyl (C=O) groups excluding carboxylic acids is 1. The molecule has 0 saturated carbocycles. The van der Waals surface area contributed by atoms with Crippen LogP contribution in [0.5, 0.6) is 0 Å². The Labute approximate surface area is 101 Å². The number of nitrogens with zero attached hydrogens (tertiary/aromatic N) is 1. The molecule has 2 heterocycles. The van der Waals surface area contributed by atoms with Gasteiger partial charge in [-0.1, -0.05) is 6.07 Å². The number of aromatic nitrogens is 2. The normalized spacial score (nSPS) is 18.3. The van der Waals surface area contributed by atoms with E-state index in [2.05, 4.69) is 15.5 Å². The van der Waals surface area contributed by atoms with Crippen LogP contribution in [0.15, 0.2) is 24.4 Å². The molecule has 1 aliphatic heterocycles. The first-order chi connectivity index (χ1) is 8.65. The lowest BCUT2D eigenvalue weighted by Gasteiger charge is -2.22. The fourth-order valence-electron chi connectivity index (χ4n) is 2.21. The zero-order chi connectivity index (χ0) is 12.7. The molecular formula is C12H9F2N3O. The number of H-pyrrole nitrogens is 1. The van der Waals surface area contributed by atoms with Gasteiger partial charge in [0.25, 0.3) is 0 Å². The molecule has 1 atom stereocenters. The van der Waals surface area contributed by atoms with E-state index in [0.717, 1.165) is 6.07 Å². The predicted molar refractivity (Wildman–Crippen MR) is 60.0 cm³/mol. The van der Waals surface area contributed by atoms with Crippen LogP contribution in [0.4, 0.5) is 14.6 Å². The highest BCUT2D eigenvalue weighted by Crippen LogP contribution is 2.36. The van der Waals surface area contributed by atoms with Gasteiger partial charge in [0.1, 0.15) is 17.5 Å². The van der Waals surface area contributed by atoms with Crippen LogP contribution in [0.1, 0.15) is 23.5 Å². The maximum atomic E-state index is 13.8. The molecule has 1 aromatic heterocycles. The van der Waals surface area contributed by atoms with Crippen molar-refractivity contribution in [1.29, 1.82) is 0 Å². The third-order valence-electron chi connectivity index (χ3n) is 3.04. The molecular weight excluding hydrogens is 240 g/mol. The summed E-state index contributed by atoms with van der Waals surface area (Å²) in [6.45, 7) is 0. The SMILES string of the molecule is O=C1C[C@@H](c2ccc(F)cc2F)c2cn[nH]c2N1. The number of aromatic amines is 1. The number of amides is 1. The second-order valence-corrected chi connectivity index (χ2v) is 4.17. The van der Waals surface area contributed by atoms with Crippen molar-refractivity contribution in [3.8, 4) is 0 Å². The van der Waals surface area contributed by atoms with Crippen molar-refractivity contribution >= 4 is 11.7 Å². The Morgan fingerprint density at radius 1 is 1.28 bits per heavy atom. The van der Waals surface area contributed by atoms with Gasteiger partial charge in [0.15, 0.2) is 0 Å². The molecule has 92 valence electrons. The summed E-state index contributed by atoms with van der Waals surface area (Å²) >= 11 is 0. The van der Waals surface area contributed by atoms with Gasteiger partial charge in [-0.3, -0.25) is 9.89 Å². The average molecular weight is 249 g/mol. The molecule has 2 aromatic rings. The summed E-state index contributed by atoms with van der Waals surface area (Å²) in [5.74, 6) is -1.47. The molecule has 3 rings (SSSR count). The third kappa shape index (κ3) is 1.66. The molecule has 0 aliphatic carbocycles. The molecule has 1 amide bonds. The van der Waals surface area contributed by atoms with Gasteiger partial charge >= 0.3 is 0 Å². The summed E-state index contributed by atoms with van der Waals surface area (Å²) in [4.78, 5) is 11.5. The van der Waals surface area contributed by atoms with Gasteiger partial charge in [0.2, 0.25) is 5.91 Å². The summed E-state index contributed by atoms with van der Waals surface area (Å²) in [5, 5.41) is 9.08. The van der Waals surface area contributed by atoms with E-state index in [0.29, 0.717) is 16.9 Å². The number of hydrogen-bond acceptors (Lipinski definition) is 2. The van der Waals surface area contributed by atoms with Gasteiger partial charge in [-0.25, -0.2) is 8.78 Å². The Kier molecular flexibility index (Phi) is 2.36. The van der Waals surface area contributed by atoms with Crippen molar-refractivity contribution in [3.63, 3.8) is 0 Å². The highest BCUT2D eigenvalue weighted by atomic mass is 19.1. The standard InChI is InChI=1S/C12H9F2N3O/c13-6-1-2-7(10(14)3-6)8-4-11(18)16-12-9(8)5-15-17-12/h1-3,5,8H,4H2,(H2,15,16,17,18)/t8-/m0/s1. The van der Waals surface area contributed by atoms with Crippen LogP contribution in [-0.4, -0.2) is 16.1 Å². The first kappa shape index (κ1) is 10.9. The number of halogens is 2. The number of nitrogens with one attached hydrogen (secondary N) is 2. The molecule has 0 fully saturated rings. The smallest absolute Gasteiger partial charge is 0.226 e. The van der Waals surface area contributed by atoms with Gasteiger partial charge in [-0.2, -0.15) is 5.10 Å². The van der Waals surface area contributed by atoms with E-state index >= 15 is 0 Å². The van der Waals surface area contributed by atoms with E-state index in [1.165, 1.54) is 12.1 Å². The fourth-order valence-corrected chi connectivity index (χ4v) is 2.21. The summed E-state index contributed by atoms with van der Waals surface area (Å²) < 4.78 is 26.6. The Morgan fingerprint density at radius 3 is 2.89 bits per heavy atom. The second-order valence-electron chi connectivity index (χ2n) is 4.17. The van der Waals surface area contributed by atoms with Crippen molar-refractivity contribution in [1.82, 2.24) is 10.2 Å². The third-order valence-corrected chi connectivity index (χ3v) is 3.04. The minimum atomic E-state index is -0.651. The molecule has 2 N–H and O–H groups in total. The molecule has 18 heavy (non-hydrogen) atoms. The summed E-state index contributed by atoms with van der Waals surface area (Å²) in [6, 6.07) is 3.37. The molecule has 0 radical (unpaired) electrons. The Balaban J connectivity index is 2.10. The molecule has 0 bridgehead atoms. The Bertz CT molecular complexity index is 624. The largest absolute Gasteiger partial charge is 0.311 e. The summed E-state index contributed by atoms with van der Waals surface area (Å²) in [5.41, 5.74) is 1.01. The van der Waals surface area contributed by atoms with Gasteiger partial charge < -0.3 is 5.32 Å². The average Bonchev–Trinajstić information content (AvgIpc) is 2.76. The van der Waals surface area contributed by atoms with Gasteiger partial charge in [-0.05, 0) is 11.6 Å². The van der Waals surface area contributed by atoms with Crippen molar-refractivity contribution < 1.29 is 13.6 Å². The van der Waals surface area contributed by atoms with E-state index in [1.807, 2.05) is 0 Å². The van der Waals surface area contributed by atoms with Crippen molar-refractivity contribution in [2.45, 2.75) is 12.3 Å². The highest BCUT2D eigenvalue weighted by Gasteiger charge is 2.29. The first-order valence-electron chi connectivity index (χ1n) is 5.43. The van der Waals surface area contributed by atoms with E-state index in [9.17, 15) is 13.6 Å². The Hall–Kier alpha value is -2.24. The van der Waals surface area contributed by atoms with Crippen molar-refractivity contribution in [2.75, 3.05) is 5.32 Å². The van der Waals surface area contributed by atoms with Crippen LogP contribution < -0.4 is 5.32 Å². The highest BCUT2D eigenvalue weighted by molar-refractivity contribution is 5.94. The maximum absolute atomic E-state index is 13.8. The molecule has 0 unspecified atom stereocenters. The molecule has 0 spiro atoms. The topological polar surface area (TPSA) is 57.8 Å². The molecule has 6 heteroatoms. The molecule has 4 nitrogen and oxygen atoms in total. The van der Waals surface area contributed by atoms with Gasteiger partial charge in [0.05, 0.1) is 6.20 Å². The quantitative estimate of drug-likeness (QED) is 0.813. The summed E-state index contributed by atoms with van der Waals surface area (Å²) in [6.07, 6.45) is 1.66. The second kappa shape index (κ2) is 3.90. The summed E-state index contributed by atoms with van der Waals surface area (Å²) in [7, 11) is 0. The lowest BCUT2D eigenvalue weighted by molar-refractivity contribution is -0.116. The zero-order valence-electron chi connectivity index (χ0n) is 9.21. The predicted octanol–water partition coefficient (Wildman–Crippen LogP) is 2.16. The van der Waals surface area contributed by atoms with E-state index in [1.54, 1.807) is 6.20 Å². The van der Waals surface area contributed by atoms with E-state index in [-0.39, 0.29) is 12.3 Å². The Morgan fingerprint density at radius 2 is 2.11 bits per heavy atom. The van der Waals surface area contributed by atoms with Crippen LogP contribution in [-0.2, 0) is 4.79 Å². The number of hydrogen-bond donors (Lipinski definition) is 2. The molecule has 1 aliphatic rings. The lowest BCUT2D eigenvalue weighted by atomic mass is 9.87. The lowest BCUT2D eigenvalue weighted by Crippen LogP contribution is -2.23. The molecule has 0 saturated heterocycles. The minimum absolute atomic E-state index is 0.120. The van der Waals surface area contributed by atoms with Crippen LogP contribution >= 0.6 is 0 Å². The number of benzene rings is 1. The first-order valence-corrected chi connectivity index (χ1v) is 5.43. The number of fused-ring (bicyclic) bond motifs is 1. The zero-order valence-corrected chi connectivity index (χ0v) is 9.21. The number of anilines is 1.